The van der Waals surface area contributed by atoms with Gasteiger partial charge in [0.1, 0.15) is 22.1 Å². The zero-order valence-electron chi connectivity index (χ0n) is 23.7. The van der Waals surface area contributed by atoms with E-state index in [0.717, 1.165) is 0 Å². The molecule has 2 aromatic heterocycles. The van der Waals surface area contributed by atoms with Gasteiger partial charge in [0.05, 0.1) is 55.7 Å². The fourth-order valence-corrected chi connectivity index (χ4v) is 9.86. The van der Waals surface area contributed by atoms with Gasteiger partial charge in [0, 0.05) is 30.9 Å². The van der Waals surface area contributed by atoms with Crippen LogP contribution in [0.25, 0.3) is 0 Å². The first kappa shape index (κ1) is 33.6. The maximum absolute atomic E-state index is 12.1. The molecule has 0 spiro atoms. The number of aromatic amines is 1. The Morgan fingerprint density at radius 1 is 0.837 bits per heavy atom. The maximum Gasteiger partial charge on any atom is 0.347 e. The molecule has 0 aliphatic carbocycles. The van der Waals surface area contributed by atoms with E-state index in [2.05, 4.69) is 24.8 Å². The predicted molar refractivity (Wildman–Crippen MR) is 165 cm³/mol. The van der Waals surface area contributed by atoms with E-state index >= 15 is 0 Å². The molecule has 13 nitrogen and oxygen atoms in total. The molecule has 0 aromatic carbocycles. The van der Waals surface area contributed by atoms with Gasteiger partial charge in [-0.25, -0.2) is 31.6 Å². The number of H-pyrrole nitrogens is 1. The van der Waals surface area contributed by atoms with E-state index in [9.17, 15) is 21.6 Å². The molecule has 2 aromatic rings. The molecule has 16 heteroatoms. The van der Waals surface area contributed by atoms with Crippen LogP contribution in [-0.4, -0.2) is 99.9 Å². The Hall–Kier alpha value is -2.33. The van der Waals surface area contributed by atoms with E-state index in [1.165, 1.54) is 0 Å². The average molecular weight is 661 g/mol. The number of halogens is 1. The molecule has 2 unspecified atom stereocenters. The van der Waals surface area contributed by atoms with Crippen molar-refractivity contribution in [3.8, 4) is 0 Å². The average Bonchev–Trinajstić information content (AvgIpc) is 3.48. The summed E-state index contributed by atoms with van der Waals surface area (Å²) in [4.78, 5) is 30.9. The Balaban J connectivity index is 0.000000192. The van der Waals surface area contributed by atoms with E-state index in [4.69, 9.17) is 21.1 Å². The molecule has 0 amide bonds. The number of sulfone groups is 2. The highest BCUT2D eigenvalue weighted by Gasteiger charge is 2.36. The van der Waals surface area contributed by atoms with E-state index in [0.29, 0.717) is 88.2 Å². The summed E-state index contributed by atoms with van der Waals surface area (Å²) in [7, 11) is -6.27. The van der Waals surface area contributed by atoms with Crippen molar-refractivity contribution in [2.24, 2.45) is 0 Å². The van der Waals surface area contributed by atoms with Crippen molar-refractivity contribution in [2.45, 2.75) is 69.5 Å². The minimum absolute atomic E-state index is 0. The highest BCUT2D eigenvalue weighted by Crippen LogP contribution is 2.36. The summed E-state index contributed by atoms with van der Waals surface area (Å²) in [5.41, 5.74) is 0.477. The lowest BCUT2D eigenvalue weighted by Gasteiger charge is -2.34. The normalized spacial score (nSPS) is 28.1. The molecular weight excluding hydrogens is 620 g/mol. The van der Waals surface area contributed by atoms with Gasteiger partial charge in [-0.15, -0.1) is 0 Å². The second-order valence-corrected chi connectivity index (χ2v) is 16.1. The molecule has 0 bridgehead atoms. The van der Waals surface area contributed by atoms with Gasteiger partial charge in [0.15, 0.2) is 19.7 Å². The number of hydrogen-bond acceptors (Lipinski definition) is 12. The zero-order valence-corrected chi connectivity index (χ0v) is 26.1. The van der Waals surface area contributed by atoms with Crippen LogP contribution in [0.3, 0.4) is 0 Å². The third-order valence-electron chi connectivity index (χ3n) is 8.12. The molecule has 4 atom stereocenters. The summed E-state index contributed by atoms with van der Waals surface area (Å²) in [6.45, 7) is 7.80. The fraction of sp³-hybridized carbons (Fsp3) is 0.704. The minimum Gasteiger partial charge on any atom is -0.377 e. The first-order valence-corrected chi connectivity index (χ1v) is 18.0. The van der Waals surface area contributed by atoms with Crippen molar-refractivity contribution in [1.82, 2.24) is 19.9 Å². The third-order valence-corrected chi connectivity index (χ3v) is 12.7. The van der Waals surface area contributed by atoms with Crippen molar-refractivity contribution >= 4 is 42.9 Å². The van der Waals surface area contributed by atoms with Gasteiger partial charge in [0.2, 0.25) is 5.28 Å². The molecule has 6 rings (SSSR count). The van der Waals surface area contributed by atoms with Gasteiger partial charge < -0.3 is 24.3 Å². The number of anilines is 2. The van der Waals surface area contributed by atoms with Crippen LogP contribution < -0.4 is 15.5 Å². The Labute approximate surface area is 258 Å². The quantitative estimate of drug-likeness (QED) is 0.477. The first-order valence-electron chi connectivity index (χ1n) is 14.2. The fourth-order valence-electron chi connectivity index (χ4n) is 5.92. The van der Waals surface area contributed by atoms with E-state index in [1.54, 1.807) is 12.1 Å². The van der Waals surface area contributed by atoms with E-state index in [-0.39, 0.29) is 36.3 Å². The Morgan fingerprint density at radius 3 is 1.88 bits per heavy atom. The number of ether oxygens (including phenoxy) is 2. The molecule has 4 saturated heterocycles. The van der Waals surface area contributed by atoms with Gasteiger partial charge in [-0.3, -0.25) is 0 Å². The van der Waals surface area contributed by atoms with E-state index < -0.39 is 35.9 Å². The Morgan fingerprint density at radius 2 is 1.37 bits per heavy atom. The van der Waals surface area contributed by atoms with Gasteiger partial charge in [0.25, 0.3) is 0 Å². The number of rotatable bonds is 4. The number of nitrogens with zero attached hydrogens (tertiary/aromatic N) is 5. The van der Waals surface area contributed by atoms with Crippen LogP contribution in [0.1, 0.15) is 68.8 Å². The summed E-state index contributed by atoms with van der Waals surface area (Å²) in [5, 5.41) is -1.06. The maximum atomic E-state index is 12.1. The highest BCUT2D eigenvalue weighted by atomic mass is 35.5. The lowest BCUT2D eigenvalue weighted by atomic mass is 10.2. The number of morpholine rings is 2. The molecular formula is C27H41ClN6O7S2. The molecule has 0 radical (unpaired) electrons. The topological polar surface area (TPSA) is 165 Å². The summed E-state index contributed by atoms with van der Waals surface area (Å²) in [6.07, 6.45) is 2.48. The molecule has 4 fully saturated rings. The number of hydrogen-bond donors (Lipinski definition) is 1. The standard InChI is InChI=1S/C13H18ClN3O3S.C13H19N3O4S.CH4/c1-9-8-20-5-4-17(9)12-7-10(15-13(14)16-12)11-3-2-6-21(11,18)19;1-9-8-20-5-4-16(9)12-7-10(14-13(17)15-12)11-3-2-6-21(11,18)19;/h7,9,11H,2-6,8H2,1H3;7,9,11H,2-6,8H2,1H3,(H,14,15,17);1H4/t2*9-,11?;/m11./s1. The van der Waals surface area contributed by atoms with Crippen LogP contribution in [0, 0.1) is 0 Å². The molecule has 0 saturated carbocycles. The van der Waals surface area contributed by atoms with Crippen molar-refractivity contribution in [2.75, 3.05) is 60.8 Å². The largest absolute Gasteiger partial charge is 0.377 e. The van der Waals surface area contributed by atoms with Gasteiger partial charge in [-0.2, -0.15) is 4.98 Å². The second kappa shape index (κ2) is 13.8. The lowest BCUT2D eigenvalue weighted by Crippen LogP contribution is -2.44. The SMILES string of the molecule is C.C[C@@H]1COCCN1c1cc(C2CCCS2(=O)=O)[nH]c(=O)n1.C[C@@H]1COCCN1c1cc(C2CCCS2(=O)=O)nc(Cl)n1. The first-order chi connectivity index (χ1) is 19.9. The lowest BCUT2D eigenvalue weighted by molar-refractivity contribution is 0.0984. The predicted octanol–water partition coefficient (Wildman–Crippen LogP) is 2.49. The number of nitrogens with one attached hydrogen (secondary N) is 1. The van der Waals surface area contributed by atoms with Gasteiger partial charge >= 0.3 is 5.69 Å². The van der Waals surface area contributed by atoms with Crippen LogP contribution in [-0.2, 0) is 29.1 Å². The highest BCUT2D eigenvalue weighted by molar-refractivity contribution is 7.92. The zero-order chi connectivity index (χ0) is 30.1. The van der Waals surface area contributed by atoms with E-state index in [1.807, 2.05) is 18.7 Å². The molecule has 240 valence electrons. The van der Waals surface area contributed by atoms with Crippen LogP contribution in [0.2, 0.25) is 5.28 Å². The van der Waals surface area contributed by atoms with Crippen molar-refractivity contribution in [1.29, 1.82) is 0 Å². The molecule has 1 N–H and O–H groups in total. The van der Waals surface area contributed by atoms with Crippen molar-refractivity contribution in [3.63, 3.8) is 0 Å². The monoisotopic (exact) mass is 660 g/mol. The van der Waals surface area contributed by atoms with Crippen LogP contribution in [0.4, 0.5) is 11.6 Å². The summed E-state index contributed by atoms with van der Waals surface area (Å²) < 4.78 is 59.1. The van der Waals surface area contributed by atoms with Crippen molar-refractivity contribution in [3.05, 3.63) is 39.3 Å². The van der Waals surface area contributed by atoms with Crippen molar-refractivity contribution < 1.29 is 26.3 Å². The Bertz CT molecular complexity index is 1560. The molecule has 6 heterocycles. The number of aromatic nitrogens is 4. The van der Waals surface area contributed by atoms with Crippen LogP contribution >= 0.6 is 11.6 Å². The van der Waals surface area contributed by atoms with Crippen LogP contribution in [0.5, 0.6) is 0 Å². The minimum atomic E-state index is -3.16. The van der Waals surface area contributed by atoms with Gasteiger partial charge in [-0.1, -0.05) is 7.43 Å². The summed E-state index contributed by atoms with van der Waals surface area (Å²) in [6, 6.07) is 3.76. The smallest absolute Gasteiger partial charge is 0.347 e. The van der Waals surface area contributed by atoms with Crippen LogP contribution in [0.15, 0.2) is 16.9 Å². The molecule has 43 heavy (non-hydrogen) atoms. The molecule has 4 aliphatic rings. The second-order valence-electron chi connectivity index (χ2n) is 11.2. The van der Waals surface area contributed by atoms with Gasteiger partial charge in [-0.05, 0) is 51.1 Å². The third kappa shape index (κ3) is 7.67. The molecule has 4 aliphatic heterocycles. The summed E-state index contributed by atoms with van der Waals surface area (Å²) in [5.74, 6) is 1.63. The summed E-state index contributed by atoms with van der Waals surface area (Å²) >= 11 is 6.01. The Kier molecular flexibility index (Phi) is 10.7.